The van der Waals surface area contributed by atoms with E-state index in [0.29, 0.717) is 81.4 Å². The Morgan fingerprint density at radius 1 is 0.483 bits per heavy atom. The maximum atomic E-state index is 15.2. The van der Waals surface area contributed by atoms with E-state index in [0.717, 1.165) is 107 Å². The van der Waals surface area contributed by atoms with E-state index in [-0.39, 0.29) is 72.6 Å². The van der Waals surface area contributed by atoms with Gasteiger partial charge in [0.25, 0.3) is 17.8 Å². The molecule has 2 atom stereocenters. The Balaban J connectivity index is 0.000000144. The lowest BCUT2D eigenvalue weighted by atomic mass is 9.90. The third-order valence-corrected chi connectivity index (χ3v) is 19.8. The summed E-state index contributed by atoms with van der Waals surface area (Å²) in [7, 11) is 0. The number of fused-ring (bicyclic) bond motifs is 5. The van der Waals surface area contributed by atoms with E-state index in [9.17, 15) is 35.5 Å². The number of anilines is 3. The molecule has 5 fully saturated rings. The molecule has 5 aliphatic heterocycles. The first-order valence-electron chi connectivity index (χ1n) is 38.0. The van der Waals surface area contributed by atoms with E-state index in [1.54, 1.807) is 90.2 Å². The molecule has 0 aromatic carbocycles. The van der Waals surface area contributed by atoms with Crippen LogP contribution < -0.4 is 48.0 Å². The number of aryl methyl sites for hydroxylation is 1. The highest BCUT2D eigenvalue weighted by molar-refractivity contribution is 5.88. The molecule has 0 spiro atoms. The van der Waals surface area contributed by atoms with Crippen LogP contribution in [-0.2, 0) is 0 Å². The fourth-order valence-corrected chi connectivity index (χ4v) is 14.1. The van der Waals surface area contributed by atoms with Gasteiger partial charge in [0.15, 0.2) is 23.1 Å². The van der Waals surface area contributed by atoms with Crippen molar-refractivity contribution >= 4 is 34.0 Å². The number of pyridine rings is 9. The van der Waals surface area contributed by atoms with E-state index >= 15 is 8.78 Å². The predicted molar refractivity (Wildman–Crippen MR) is 422 cm³/mol. The van der Waals surface area contributed by atoms with E-state index in [1.807, 2.05) is 91.0 Å². The van der Waals surface area contributed by atoms with Crippen LogP contribution in [0, 0.1) is 58.6 Å². The van der Waals surface area contributed by atoms with Crippen LogP contribution in [0.1, 0.15) is 103 Å². The van der Waals surface area contributed by atoms with Crippen LogP contribution in [0.15, 0.2) is 153 Å². The van der Waals surface area contributed by atoms with Crippen molar-refractivity contribution < 1.29 is 61.7 Å². The van der Waals surface area contributed by atoms with Gasteiger partial charge < -0.3 is 63.3 Å². The zero-order valence-corrected chi connectivity index (χ0v) is 65.2. The van der Waals surface area contributed by atoms with Gasteiger partial charge in [0, 0.05) is 141 Å². The van der Waals surface area contributed by atoms with Gasteiger partial charge >= 0.3 is 0 Å². The zero-order valence-electron chi connectivity index (χ0n) is 65.2. The number of hydrogen-bond acceptors (Lipinski definition) is 26. The summed E-state index contributed by atoms with van der Waals surface area (Å²) in [5.41, 5.74) is 3.77. The van der Waals surface area contributed by atoms with Crippen molar-refractivity contribution in [1.82, 2.24) is 63.8 Å². The third kappa shape index (κ3) is 18.2. The predicted octanol–water partition coefficient (Wildman–Crippen LogP) is 11.9. The Bertz CT molecular complexity index is 5360. The standard InChI is InChI=1S/C29H29F2N7O4.C28H30N6O3.C27H27FN6O3/c1-4-40-28-23(30)8-21(13-34-28)42-38-19-7-20(38)15-36(14-19)25-6-5-17(11-33-25)22-9-24(41-16-29(2,3)39)27(31)37-26(22)18(10-32)12-35-37;1-19-25(36-18-28(2,3)35)13-24(27-21(14-29)16-32-34(19)27)20-6-7-26(31-15-20)33-11-8-22(9-12-33)37-23-5-4-10-30-17-23;1-27(2,35)17-36-22-13-21(25-19(14-29)16-32-34(25)26(22)28)18-6-7-23(31-15-18)33-11-8-20(9-12-33)37-24-5-3-4-10-30-24/h5-6,8-9,11-13,19-20,39H,4,7,14-16H2,1-3H3;4-7,10,13,15-17,22,35H,8-9,11-12,18H2,1-3H3;3-7,10,13,15-16,20,35H,8-9,11-12,17H2,1-2H3. The van der Waals surface area contributed by atoms with Gasteiger partial charge in [-0.05, 0) is 135 Å². The molecule has 0 radical (unpaired) electrons. The molecular formula is C84H86F3N19O10. The molecule has 116 heavy (non-hydrogen) atoms. The lowest BCUT2D eigenvalue weighted by Crippen LogP contribution is -2.69. The van der Waals surface area contributed by atoms with Crippen LogP contribution in [-0.4, -0.2) is 186 Å². The monoisotopic (exact) mass is 1580 g/mol. The molecule has 0 aliphatic carbocycles. The van der Waals surface area contributed by atoms with Crippen molar-refractivity contribution in [2.75, 3.05) is 80.4 Å². The molecule has 17 heterocycles. The van der Waals surface area contributed by atoms with Crippen LogP contribution in [0.25, 0.3) is 49.9 Å². The van der Waals surface area contributed by atoms with Crippen LogP contribution in [0.5, 0.6) is 40.5 Å². The van der Waals surface area contributed by atoms with Crippen molar-refractivity contribution in [1.29, 1.82) is 15.8 Å². The van der Waals surface area contributed by atoms with Gasteiger partial charge in [-0.2, -0.15) is 39.9 Å². The van der Waals surface area contributed by atoms with Crippen molar-refractivity contribution in [3.63, 3.8) is 0 Å². The van der Waals surface area contributed by atoms with Gasteiger partial charge in [-0.1, -0.05) is 6.07 Å². The summed E-state index contributed by atoms with van der Waals surface area (Å²) in [5.74, 6) is 2.52. The van der Waals surface area contributed by atoms with Crippen molar-refractivity contribution in [2.24, 2.45) is 0 Å². The summed E-state index contributed by atoms with van der Waals surface area (Å²) in [5, 5.41) is 73.5. The van der Waals surface area contributed by atoms with Crippen LogP contribution >= 0.6 is 0 Å². The second kappa shape index (κ2) is 34.0. The average molecular weight is 1580 g/mol. The number of hydroxylamine groups is 2. The number of ether oxygens (including phenoxy) is 6. The molecule has 598 valence electrons. The second-order valence-electron chi connectivity index (χ2n) is 30.5. The summed E-state index contributed by atoms with van der Waals surface area (Å²) >= 11 is 0. The minimum absolute atomic E-state index is 0.0503. The molecule has 12 aromatic rings. The summed E-state index contributed by atoms with van der Waals surface area (Å²) in [6.07, 6.45) is 20.7. The van der Waals surface area contributed by atoms with Gasteiger partial charge in [-0.15, -0.1) is 5.06 Å². The number of aliphatic hydroxyl groups is 3. The van der Waals surface area contributed by atoms with Gasteiger partial charge in [0.2, 0.25) is 5.88 Å². The highest BCUT2D eigenvalue weighted by Gasteiger charge is 2.47. The molecule has 2 unspecified atom stereocenters. The fraction of sp³-hybridized carbons (Fsp3) is 0.357. The molecule has 5 saturated heterocycles. The van der Waals surface area contributed by atoms with Crippen LogP contribution in [0.2, 0.25) is 0 Å². The normalized spacial score (nSPS) is 15.9. The molecule has 2 bridgehead atoms. The number of piperazine rings is 1. The fourth-order valence-electron chi connectivity index (χ4n) is 14.1. The summed E-state index contributed by atoms with van der Waals surface area (Å²) in [6, 6.07) is 33.7. The van der Waals surface area contributed by atoms with Gasteiger partial charge in [0.1, 0.15) is 79.2 Å². The molecular weight excluding hydrogens is 1490 g/mol. The van der Waals surface area contributed by atoms with E-state index in [1.165, 1.54) is 36.8 Å². The van der Waals surface area contributed by atoms with Gasteiger partial charge in [-0.25, -0.2) is 42.9 Å². The van der Waals surface area contributed by atoms with E-state index in [4.69, 9.17) is 38.2 Å². The largest absolute Gasteiger partial charge is 0.489 e. The molecule has 17 rings (SSSR count). The van der Waals surface area contributed by atoms with Gasteiger partial charge in [-0.3, -0.25) is 4.98 Å². The number of halogens is 3. The van der Waals surface area contributed by atoms with Gasteiger partial charge in [0.05, 0.1) is 105 Å². The molecule has 5 aliphatic rings. The molecule has 29 nitrogen and oxygen atoms in total. The first-order chi connectivity index (χ1) is 55.8. The number of nitrogens with zero attached hydrogens (tertiary/aromatic N) is 19. The average Bonchev–Trinajstić information content (AvgIpc) is 1.38. The van der Waals surface area contributed by atoms with Crippen LogP contribution in [0.3, 0.4) is 0 Å². The topological polar surface area (TPSA) is 339 Å². The van der Waals surface area contributed by atoms with E-state index < -0.39 is 34.5 Å². The number of hydrogen-bond donors (Lipinski definition) is 3. The lowest BCUT2D eigenvalue weighted by molar-refractivity contribution is -0.203. The Labute approximate surface area is 666 Å². The number of aromatic nitrogens is 12. The third-order valence-electron chi connectivity index (χ3n) is 19.8. The zero-order chi connectivity index (χ0) is 81.6. The minimum atomic E-state index is -1.18. The highest BCUT2D eigenvalue weighted by atomic mass is 19.1. The molecule has 3 N–H and O–H groups in total. The number of nitriles is 3. The highest BCUT2D eigenvalue weighted by Crippen LogP contribution is 2.41. The summed E-state index contributed by atoms with van der Waals surface area (Å²) in [4.78, 5) is 39.0. The second-order valence-corrected chi connectivity index (χ2v) is 30.5. The maximum Gasteiger partial charge on any atom is 0.257 e. The quantitative estimate of drug-likeness (QED) is 0.0501. The number of piperidine rings is 3. The van der Waals surface area contributed by atoms with E-state index in [2.05, 4.69) is 73.1 Å². The Morgan fingerprint density at radius 3 is 1.38 bits per heavy atom. The van der Waals surface area contributed by atoms with Crippen molar-refractivity contribution in [3.05, 3.63) is 193 Å². The Hall–Kier alpha value is -12.9. The smallest absolute Gasteiger partial charge is 0.257 e. The SMILES string of the molecule is CC(C)(O)COc1cc(-c2ccc(N3CCC(Oc4ccccn4)CC3)nc2)c2c(C#N)cnn2c1F.CCOc1ncc(ON2C3CC2CN(c2ccc(-c4cc(OCC(C)(C)O)c(F)n5ncc(C#N)c45)cn2)C3)cc1F.Cc1c(OCC(C)(C)O)cc(-c2ccc(N3CCC(Oc4cccnc4)CC3)nc2)c2c(C#N)cnn12. The first kappa shape index (κ1) is 79.7. The summed E-state index contributed by atoms with van der Waals surface area (Å²) < 4.78 is 82.6. The lowest BCUT2D eigenvalue weighted by Gasteiger charge is -2.54. The minimum Gasteiger partial charge on any atom is -0.489 e. The maximum absolute atomic E-state index is 15.2. The number of rotatable bonds is 23. The Kier molecular flexibility index (Phi) is 23.4. The first-order valence-corrected chi connectivity index (χ1v) is 38.0. The molecule has 0 amide bonds. The molecule has 32 heteroatoms. The summed E-state index contributed by atoms with van der Waals surface area (Å²) in [6.45, 7) is 18.1. The van der Waals surface area contributed by atoms with Crippen molar-refractivity contribution in [3.8, 4) is 92.1 Å². The Morgan fingerprint density at radius 2 is 0.948 bits per heavy atom. The van der Waals surface area contributed by atoms with Crippen molar-refractivity contribution in [2.45, 2.75) is 129 Å². The molecule has 12 aromatic heterocycles. The van der Waals surface area contributed by atoms with Crippen LogP contribution in [0.4, 0.5) is 30.6 Å². The molecule has 0 saturated carbocycles.